The minimum atomic E-state index is -4.50. The normalized spacial score (nSPS) is 19.7. The van der Waals surface area contributed by atoms with E-state index in [0.717, 1.165) is 37.9 Å². The van der Waals surface area contributed by atoms with Gasteiger partial charge in [0.2, 0.25) is 20.6 Å². The molecule has 0 aromatic heterocycles. The number of esters is 2. The van der Waals surface area contributed by atoms with E-state index in [4.69, 9.17) is 9.47 Å². The molecule has 10 nitrogen and oxygen atoms in total. The van der Waals surface area contributed by atoms with Crippen LogP contribution in [0.3, 0.4) is 0 Å². The van der Waals surface area contributed by atoms with Gasteiger partial charge in [-0.2, -0.15) is 0 Å². The molecule has 2 aliphatic rings. The van der Waals surface area contributed by atoms with E-state index in [2.05, 4.69) is 15.5 Å². The fourth-order valence-electron chi connectivity index (χ4n) is 5.21. The standard InChI is InChI=1S/C30H39N3O7S/c1-4-39-29(36)30(32-27(34)26-6-5-17-31-26,41(37,38)25-13-7-21(2)8-14-25)20-22-9-11-24(12-10-22)40-28(35)23-15-18-33(3)19-16-23/h7-14,23,26,31H,4-6,15-20H2,1-3H3,(H,32,34)/t26-,30+/m0/s1. The Balaban J connectivity index is 1.66. The summed E-state index contributed by atoms with van der Waals surface area (Å²) < 4.78 is 39.4. The first-order chi connectivity index (χ1) is 19.6. The van der Waals surface area contributed by atoms with Crippen LogP contribution in [0.15, 0.2) is 53.4 Å². The largest absolute Gasteiger partial charge is 0.463 e. The average molecular weight is 586 g/mol. The summed E-state index contributed by atoms with van der Waals surface area (Å²) in [6.45, 7) is 5.59. The molecular formula is C30H39N3O7S. The van der Waals surface area contributed by atoms with Crippen molar-refractivity contribution in [3.8, 4) is 5.75 Å². The summed E-state index contributed by atoms with van der Waals surface area (Å²) in [6, 6.07) is 11.8. The molecule has 2 fully saturated rings. The summed E-state index contributed by atoms with van der Waals surface area (Å²) in [6.07, 6.45) is 2.34. The van der Waals surface area contributed by atoms with Crippen LogP contribution in [-0.4, -0.2) is 75.4 Å². The zero-order chi connectivity index (χ0) is 29.6. The van der Waals surface area contributed by atoms with Crippen molar-refractivity contribution < 1.29 is 32.3 Å². The second-order valence-electron chi connectivity index (χ2n) is 10.8. The van der Waals surface area contributed by atoms with Gasteiger partial charge in [-0.05, 0) is 96.0 Å². The van der Waals surface area contributed by atoms with Crippen LogP contribution in [0.5, 0.6) is 5.75 Å². The number of likely N-dealkylation sites (tertiary alicyclic amines) is 1. The van der Waals surface area contributed by atoms with Crippen molar-refractivity contribution in [2.24, 2.45) is 5.92 Å². The summed E-state index contributed by atoms with van der Waals surface area (Å²) in [5, 5.41) is 5.66. The lowest BCUT2D eigenvalue weighted by molar-refractivity contribution is -0.149. The van der Waals surface area contributed by atoms with Gasteiger partial charge in [-0.25, -0.2) is 13.2 Å². The van der Waals surface area contributed by atoms with E-state index >= 15 is 0 Å². The van der Waals surface area contributed by atoms with Gasteiger partial charge in [0.1, 0.15) is 5.75 Å². The van der Waals surface area contributed by atoms with Gasteiger partial charge in [0.15, 0.2) is 0 Å². The predicted molar refractivity (Wildman–Crippen MR) is 153 cm³/mol. The van der Waals surface area contributed by atoms with Gasteiger partial charge in [-0.1, -0.05) is 29.8 Å². The summed E-state index contributed by atoms with van der Waals surface area (Å²) in [4.78, 5) is 39.2. The van der Waals surface area contributed by atoms with E-state index in [1.54, 1.807) is 43.3 Å². The van der Waals surface area contributed by atoms with Gasteiger partial charge in [-0.15, -0.1) is 0 Å². The van der Waals surface area contributed by atoms with E-state index < -0.39 is 32.6 Å². The molecule has 0 bridgehead atoms. The van der Waals surface area contributed by atoms with Gasteiger partial charge in [0.05, 0.1) is 23.5 Å². The predicted octanol–water partition coefficient (Wildman–Crippen LogP) is 2.39. The number of rotatable bonds is 10. The maximum absolute atomic E-state index is 14.2. The number of amides is 1. The SMILES string of the molecule is CCOC(=O)[C@](Cc1ccc(OC(=O)C2CCN(C)CC2)cc1)(NC(=O)[C@@H]1CCCN1)S(=O)(=O)c1ccc(C)cc1. The highest BCUT2D eigenvalue weighted by molar-refractivity contribution is 7.93. The van der Waals surface area contributed by atoms with Crippen LogP contribution in [-0.2, 0) is 35.4 Å². The summed E-state index contributed by atoms with van der Waals surface area (Å²) >= 11 is 0. The highest BCUT2D eigenvalue weighted by Gasteiger charge is 2.55. The van der Waals surface area contributed by atoms with E-state index in [9.17, 15) is 22.8 Å². The molecule has 2 heterocycles. The first-order valence-electron chi connectivity index (χ1n) is 14.1. The Morgan fingerprint density at radius 2 is 1.68 bits per heavy atom. The first kappa shape index (κ1) is 30.7. The quantitative estimate of drug-likeness (QED) is 0.319. The molecule has 2 aromatic rings. The molecule has 11 heteroatoms. The van der Waals surface area contributed by atoms with Crippen molar-refractivity contribution in [1.82, 2.24) is 15.5 Å². The zero-order valence-corrected chi connectivity index (χ0v) is 24.7. The molecule has 222 valence electrons. The highest BCUT2D eigenvalue weighted by Crippen LogP contribution is 2.31. The van der Waals surface area contributed by atoms with E-state index in [1.807, 2.05) is 14.0 Å². The van der Waals surface area contributed by atoms with Crippen LogP contribution in [0.4, 0.5) is 0 Å². The number of carbonyl (C=O) groups excluding carboxylic acids is 3. The Bertz CT molecular complexity index is 1330. The molecular weight excluding hydrogens is 546 g/mol. The zero-order valence-electron chi connectivity index (χ0n) is 23.9. The molecule has 2 N–H and O–H groups in total. The molecule has 0 spiro atoms. The first-order valence-corrected chi connectivity index (χ1v) is 15.6. The number of piperidine rings is 1. The number of nitrogens with one attached hydrogen (secondary N) is 2. The van der Waals surface area contributed by atoms with Gasteiger partial charge < -0.3 is 25.0 Å². The van der Waals surface area contributed by atoms with Crippen LogP contribution in [0.1, 0.15) is 43.7 Å². The van der Waals surface area contributed by atoms with Gasteiger partial charge >= 0.3 is 11.9 Å². The minimum absolute atomic E-state index is 0.0760. The van der Waals surface area contributed by atoms with Crippen molar-refractivity contribution >= 4 is 27.7 Å². The second-order valence-corrected chi connectivity index (χ2v) is 13.0. The van der Waals surface area contributed by atoms with Crippen molar-refractivity contribution in [1.29, 1.82) is 0 Å². The number of hydrogen-bond acceptors (Lipinski definition) is 9. The van der Waals surface area contributed by atoms with Gasteiger partial charge in [-0.3, -0.25) is 9.59 Å². The Hall–Kier alpha value is -3.28. The smallest absolute Gasteiger partial charge is 0.348 e. The Kier molecular flexibility index (Phi) is 9.83. The topological polar surface area (TPSA) is 131 Å². The molecule has 2 aromatic carbocycles. The van der Waals surface area contributed by atoms with Crippen LogP contribution < -0.4 is 15.4 Å². The van der Waals surface area contributed by atoms with E-state index in [1.165, 1.54) is 12.1 Å². The molecule has 0 aliphatic carbocycles. The van der Waals surface area contributed by atoms with Crippen LogP contribution in [0.25, 0.3) is 0 Å². The molecule has 0 saturated carbocycles. The number of aryl methyl sites for hydroxylation is 1. The molecule has 0 unspecified atom stereocenters. The summed E-state index contributed by atoms with van der Waals surface area (Å²) in [7, 11) is -2.48. The van der Waals surface area contributed by atoms with Crippen LogP contribution in [0, 0.1) is 12.8 Å². The minimum Gasteiger partial charge on any atom is -0.463 e. The molecule has 0 radical (unpaired) electrons. The van der Waals surface area contributed by atoms with Crippen LogP contribution in [0.2, 0.25) is 0 Å². The third-order valence-electron chi connectivity index (χ3n) is 7.74. The Morgan fingerprint density at radius 1 is 1.02 bits per heavy atom. The van der Waals surface area contributed by atoms with E-state index in [-0.39, 0.29) is 29.8 Å². The lowest BCUT2D eigenvalue weighted by Gasteiger charge is -2.33. The van der Waals surface area contributed by atoms with E-state index in [0.29, 0.717) is 24.3 Å². The molecule has 2 atom stereocenters. The lowest BCUT2D eigenvalue weighted by Crippen LogP contribution is -2.64. The maximum Gasteiger partial charge on any atom is 0.348 e. The average Bonchev–Trinajstić information content (AvgIpc) is 3.50. The van der Waals surface area contributed by atoms with Crippen molar-refractivity contribution in [2.45, 2.75) is 61.8 Å². The summed E-state index contributed by atoms with van der Waals surface area (Å²) in [5.74, 6) is -1.81. The van der Waals surface area contributed by atoms with Gasteiger partial charge in [0.25, 0.3) is 0 Å². The number of sulfone groups is 1. The van der Waals surface area contributed by atoms with Gasteiger partial charge in [0, 0.05) is 6.42 Å². The van der Waals surface area contributed by atoms with Crippen molar-refractivity contribution in [3.63, 3.8) is 0 Å². The molecule has 41 heavy (non-hydrogen) atoms. The molecule has 2 saturated heterocycles. The number of nitrogens with zero attached hydrogens (tertiary/aromatic N) is 1. The monoisotopic (exact) mass is 585 g/mol. The van der Waals surface area contributed by atoms with Crippen LogP contribution >= 0.6 is 0 Å². The summed E-state index contributed by atoms with van der Waals surface area (Å²) in [5.41, 5.74) is 1.28. The Labute approximate surface area is 241 Å². The molecule has 2 aliphatic heterocycles. The lowest BCUT2D eigenvalue weighted by atomic mass is 9.97. The molecule has 1 amide bonds. The maximum atomic E-state index is 14.2. The Morgan fingerprint density at radius 3 is 2.27 bits per heavy atom. The number of ether oxygens (including phenoxy) is 2. The molecule has 4 rings (SSSR count). The van der Waals surface area contributed by atoms with Crippen molar-refractivity contribution in [2.75, 3.05) is 33.3 Å². The fourth-order valence-corrected chi connectivity index (χ4v) is 6.97. The third-order valence-corrected chi connectivity index (χ3v) is 9.97. The number of hydrogen-bond donors (Lipinski definition) is 2. The fraction of sp³-hybridized carbons (Fsp3) is 0.500. The number of carbonyl (C=O) groups is 3. The second kappa shape index (κ2) is 13.1. The highest BCUT2D eigenvalue weighted by atomic mass is 32.2. The third kappa shape index (κ3) is 6.97. The van der Waals surface area contributed by atoms with Crippen molar-refractivity contribution in [3.05, 3.63) is 59.7 Å². The number of benzene rings is 2.